The lowest BCUT2D eigenvalue weighted by atomic mass is 10.1. The molecule has 3 rings (SSSR count). The summed E-state index contributed by atoms with van der Waals surface area (Å²) in [5.74, 6) is -1.25. The first kappa shape index (κ1) is 15.8. The van der Waals surface area contributed by atoms with Gasteiger partial charge < -0.3 is 15.4 Å². The van der Waals surface area contributed by atoms with Crippen molar-refractivity contribution >= 4 is 34.6 Å². The molecule has 0 saturated carbocycles. The SMILES string of the molecule is O=C(O)C(NC(=O)n1c(=O)[nH]c2ccccc21)c1ccc(Cl)cc1. The van der Waals surface area contributed by atoms with Crippen LogP contribution in [0.2, 0.25) is 5.02 Å². The summed E-state index contributed by atoms with van der Waals surface area (Å²) in [6.45, 7) is 0. The third-order valence-electron chi connectivity index (χ3n) is 3.51. The topological polar surface area (TPSA) is 104 Å². The quantitative estimate of drug-likeness (QED) is 0.677. The van der Waals surface area contributed by atoms with Gasteiger partial charge in [-0.05, 0) is 29.8 Å². The van der Waals surface area contributed by atoms with Gasteiger partial charge in [-0.25, -0.2) is 19.0 Å². The average Bonchev–Trinajstić information content (AvgIpc) is 2.89. The second-order valence-electron chi connectivity index (χ2n) is 5.06. The lowest BCUT2D eigenvalue weighted by molar-refractivity contribution is -0.139. The van der Waals surface area contributed by atoms with Gasteiger partial charge in [-0.1, -0.05) is 35.9 Å². The number of hydrogen-bond donors (Lipinski definition) is 3. The molecule has 8 heteroatoms. The fourth-order valence-corrected chi connectivity index (χ4v) is 2.51. The Morgan fingerprint density at radius 1 is 1.12 bits per heavy atom. The smallest absolute Gasteiger partial charge is 0.334 e. The zero-order valence-corrected chi connectivity index (χ0v) is 12.9. The molecule has 0 aliphatic carbocycles. The summed E-state index contributed by atoms with van der Waals surface area (Å²) in [4.78, 5) is 38.5. The van der Waals surface area contributed by atoms with Crippen LogP contribution >= 0.6 is 11.6 Å². The van der Waals surface area contributed by atoms with Crippen LogP contribution in [-0.4, -0.2) is 26.7 Å². The summed E-state index contributed by atoms with van der Waals surface area (Å²) < 4.78 is 0.862. The molecule has 1 amide bonds. The number of aromatic nitrogens is 2. The van der Waals surface area contributed by atoms with Gasteiger partial charge in [0.15, 0.2) is 6.04 Å². The van der Waals surface area contributed by atoms with Gasteiger partial charge in [0.2, 0.25) is 0 Å². The van der Waals surface area contributed by atoms with E-state index in [4.69, 9.17) is 11.6 Å². The third-order valence-corrected chi connectivity index (χ3v) is 3.76. The van der Waals surface area contributed by atoms with Crippen molar-refractivity contribution in [2.45, 2.75) is 6.04 Å². The van der Waals surface area contributed by atoms with Gasteiger partial charge in [0.1, 0.15) is 0 Å². The molecule has 1 heterocycles. The number of aromatic amines is 1. The van der Waals surface area contributed by atoms with Crippen LogP contribution in [-0.2, 0) is 4.79 Å². The van der Waals surface area contributed by atoms with Gasteiger partial charge >= 0.3 is 17.7 Å². The number of halogens is 1. The number of carbonyl (C=O) groups excluding carboxylic acids is 1. The molecule has 0 bridgehead atoms. The number of rotatable bonds is 3. The fourth-order valence-electron chi connectivity index (χ4n) is 2.39. The molecule has 1 aromatic heterocycles. The summed E-state index contributed by atoms with van der Waals surface area (Å²) in [6, 6.07) is 10.5. The van der Waals surface area contributed by atoms with Crippen LogP contribution in [0.4, 0.5) is 4.79 Å². The van der Waals surface area contributed by atoms with Gasteiger partial charge in [-0.2, -0.15) is 0 Å². The van der Waals surface area contributed by atoms with E-state index in [1.54, 1.807) is 24.3 Å². The zero-order chi connectivity index (χ0) is 17.3. The Balaban J connectivity index is 1.96. The number of carbonyl (C=O) groups is 2. The van der Waals surface area contributed by atoms with Crippen LogP contribution < -0.4 is 11.0 Å². The van der Waals surface area contributed by atoms with E-state index in [9.17, 15) is 19.5 Å². The van der Waals surface area contributed by atoms with Crippen LogP contribution in [0.3, 0.4) is 0 Å². The number of imidazole rings is 1. The van der Waals surface area contributed by atoms with Crippen molar-refractivity contribution in [3.63, 3.8) is 0 Å². The Bertz CT molecular complexity index is 975. The normalized spacial score (nSPS) is 12.0. The zero-order valence-electron chi connectivity index (χ0n) is 12.2. The van der Waals surface area contributed by atoms with Gasteiger partial charge in [-0.15, -0.1) is 0 Å². The van der Waals surface area contributed by atoms with E-state index in [0.29, 0.717) is 21.6 Å². The predicted octanol–water partition coefficient (Wildman–Crippen LogP) is 2.37. The molecule has 0 radical (unpaired) electrons. The van der Waals surface area contributed by atoms with Crippen molar-refractivity contribution in [1.29, 1.82) is 0 Å². The molecule has 0 fully saturated rings. The number of para-hydroxylation sites is 2. The molecule has 24 heavy (non-hydrogen) atoms. The largest absolute Gasteiger partial charge is 0.479 e. The van der Waals surface area contributed by atoms with E-state index >= 15 is 0 Å². The van der Waals surface area contributed by atoms with Crippen LogP contribution in [0.1, 0.15) is 11.6 Å². The predicted molar refractivity (Wildman–Crippen MR) is 88.3 cm³/mol. The molecule has 2 aromatic carbocycles. The fraction of sp³-hybridized carbons (Fsp3) is 0.0625. The first-order valence-corrected chi connectivity index (χ1v) is 7.34. The van der Waals surface area contributed by atoms with Crippen molar-refractivity contribution in [1.82, 2.24) is 14.9 Å². The molecule has 0 aliphatic rings. The van der Waals surface area contributed by atoms with E-state index in [1.807, 2.05) is 0 Å². The minimum absolute atomic E-state index is 0.341. The highest BCUT2D eigenvalue weighted by Crippen LogP contribution is 2.17. The van der Waals surface area contributed by atoms with E-state index in [1.165, 1.54) is 24.3 Å². The van der Waals surface area contributed by atoms with Gasteiger partial charge in [0.25, 0.3) is 0 Å². The van der Waals surface area contributed by atoms with Crippen LogP contribution in [0, 0.1) is 0 Å². The Kier molecular flexibility index (Phi) is 4.09. The monoisotopic (exact) mass is 345 g/mol. The van der Waals surface area contributed by atoms with Crippen molar-refractivity contribution in [2.75, 3.05) is 0 Å². The van der Waals surface area contributed by atoms with Crippen molar-refractivity contribution < 1.29 is 14.7 Å². The summed E-state index contributed by atoms with van der Waals surface area (Å²) >= 11 is 5.78. The van der Waals surface area contributed by atoms with Crippen molar-refractivity contribution in [3.8, 4) is 0 Å². The first-order chi connectivity index (χ1) is 11.5. The number of H-pyrrole nitrogens is 1. The number of nitrogens with zero attached hydrogens (tertiary/aromatic N) is 1. The van der Waals surface area contributed by atoms with Crippen molar-refractivity contribution in [3.05, 3.63) is 69.6 Å². The van der Waals surface area contributed by atoms with E-state index < -0.39 is 23.7 Å². The molecule has 1 unspecified atom stereocenters. The molecule has 7 nitrogen and oxygen atoms in total. The molecule has 3 aromatic rings. The lowest BCUT2D eigenvalue weighted by Gasteiger charge is -2.15. The third kappa shape index (κ3) is 2.89. The molecular formula is C16H12ClN3O4. The van der Waals surface area contributed by atoms with Gasteiger partial charge in [0, 0.05) is 5.02 Å². The van der Waals surface area contributed by atoms with E-state index in [0.717, 1.165) is 4.57 Å². The molecule has 0 aliphatic heterocycles. The number of amides is 1. The minimum atomic E-state index is -1.31. The molecular weight excluding hydrogens is 334 g/mol. The highest BCUT2D eigenvalue weighted by molar-refractivity contribution is 6.30. The maximum absolute atomic E-state index is 12.4. The maximum atomic E-state index is 12.4. The van der Waals surface area contributed by atoms with Crippen LogP contribution in [0.25, 0.3) is 11.0 Å². The second-order valence-corrected chi connectivity index (χ2v) is 5.49. The summed E-state index contributed by atoms with van der Waals surface area (Å²) in [6.07, 6.45) is 0. The van der Waals surface area contributed by atoms with Gasteiger partial charge in [0.05, 0.1) is 11.0 Å². The minimum Gasteiger partial charge on any atom is -0.479 e. The number of benzene rings is 2. The molecule has 1 atom stereocenters. The molecule has 0 spiro atoms. The average molecular weight is 346 g/mol. The van der Waals surface area contributed by atoms with Crippen LogP contribution in [0.5, 0.6) is 0 Å². The number of nitrogens with one attached hydrogen (secondary N) is 2. The number of carboxylic acids is 1. The van der Waals surface area contributed by atoms with Gasteiger partial charge in [-0.3, -0.25) is 0 Å². The number of hydrogen-bond acceptors (Lipinski definition) is 3. The molecule has 3 N–H and O–H groups in total. The van der Waals surface area contributed by atoms with E-state index in [2.05, 4.69) is 10.3 Å². The van der Waals surface area contributed by atoms with E-state index in [-0.39, 0.29) is 0 Å². The summed E-state index contributed by atoms with van der Waals surface area (Å²) in [5, 5.41) is 12.2. The molecule has 0 saturated heterocycles. The number of aliphatic carboxylic acids is 1. The van der Waals surface area contributed by atoms with Crippen molar-refractivity contribution in [2.24, 2.45) is 0 Å². The Morgan fingerprint density at radius 2 is 1.79 bits per heavy atom. The number of carboxylic acid groups (broad SMARTS) is 1. The first-order valence-electron chi connectivity index (χ1n) is 6.96. The molecule has 122 valence electrons. The number of fused-ring (bicyclic) bond motifs is 1. The Morgan fingerprint density at radius 3 is 2.46 bits per heavy atom. The van der Waals surface area contributed by atoms with Crippen LogP contribution in [0.15, 0.2) is 53.3 Å². The summed E-state index contributed by atoms with van der Waals surface area (Å²) in [7, 11) is 0. The highest BCUT2D eigenvalue weighted by Gasteiger charge is 2.24. The Hall–Kier alpha value is -3.06. The maximum Gasteiger partial charge on any atom is 0.334 e. The second kappa shape index (κ2) is 6.21. The highest BCUT2D eigenvalue weighted by atomic mass is 35.5. The lowest BCUT2D eigenvalue weighted by Crippen LogP contribution is -2.40. The standard InChI is InChI=1S/C16H12ClN3O4/c17-10-7-5-9(6-8-10)13(14(21)22)19-16(24)20-12-4-2-1-3-11(12)18-15(20)23/h1-8,13H,(H,18,23)(H,19,24)(H,21,22). The Labute approximate surface area is 140 Å². The summed E-state index contributed by atoms with van der Waals surface area (Å²) in [5.41, 5.74) is 0.540.